The maximum atomic E-state index is 3.72. The Morgan fingerprint density at radius 3 is 1.67 bits per heavy atom. The first-order chi connectivity index (χ1) is 4.12. The molecule has 0 aliphatic carbocycles. The van der Waals surface area contributed by atoms with Crippen LogP contribution in [0.1, 0.15) is 0 Å². The van der Waals surface area contributed by atoms with E-state index in [1.54, 1.807) is 0 Å². The van der Waals surface area contributed by atoms with E-state index in [2.05, 4.69) is 56.8 Å². The third kappa shape index (κ3) is 5.59. The molecule has 0 rings (SSSR count). The smallest absolute Gasteiger partial charge is 0.104 e. The Balaban J connectivity index is 3.68. The summed E-state index contributed by atoms with van der Waals surface area (Å²) in [4.78, 5) is 0. The fourth-order valence-corrected chi connectivity index (χ4v) is 5.25. The average Bonchev–Trinajstić information content (AvgIpc) is 1.64. The lowest BCUT2D eigenvalue weighted by Gasteiger charge is -2.11. The Bertz CT molecular complexity index is 97.6. The van der Waals surface area contributed by atoms with Crippen LogP contribution < -0.4 is 0 Å². The molecule has 0 aromatic carbocycles. The van der Waals surface area contributed by atoms with Gasteiger partial charge in [0.1, 0.15) is 0 Å². The maximum Gasteiger partial charge on any atom is 0.199 e. The Hall–Kier alpha value is 1.16. The molecule has 0 N–H and O–H groups in total. The van der Waals surface area contributed by atoms with E-state index in [0.717, 1.165) is 0 Å². The van der Waals surface area contributed by atoms with Gasteiger partial charge in [0.25, 0.3) is 0 Å². The summed E-state index contributed by atoms with van der Waals surface area (Å²) in [6, 6.07) is 2.36. The van der Waals surface area contributed by atoms with Gasteiger partial charge in [0, 0.05) is 0 Å². The predicted molar refractivity (Wildman–Crippen MR) is 63.8 cm³/mol. The highest BCUT2D eigenvalue weighted by Crippen LogP contribution is 2.31. The Morgan fingerprint density at radius 2 is 1.44 bits per heavy atom. The SMILES string of the molecule is C=CC[Si](I)(I)CC=C. The Labute approximate surface area is 83.2 Å². The highest BCUT2D eigenvalue weighted by Gasteiger charge is 2.21. The summed E-state index contributed by atoms with van der Waals surface area (Å²) in [7, 11) is 0. The minimum absolute atomic E-state index is 0.999. The van der Waals surface area contributed by atoms with E-state index in [9.17, 15) is 0 Å². The van der Waals surface area contributed by atoms with Gasteiger partial charge in [0.2, 0.25) is 0 Å². The van der Waals surface area contributed by atoms with E-state index >= 15 is 0 Å². The highest BCUT2D eigenvalue weighted by molar-refractivity contribution is 14.3. The van der Waals surface area contributed by atoms with Crippen molar-refractivity contribution in [1.29, 1.82) is 0 Å². The van der Waals surface area contributed by atoms with E-state index in [4.69, 9.17) is 0 Å². The van der Waals surface area contributed by atoms with Crippen molar-refractivity contribution in [2.45, 2.75) is 12.1 Å². The summed E-state index contributed by atoms with van der Waals surface area (Å²) in [5, 5.41) is 0. The number of halogens is 2. The topological polar surface area (TPSA) is 0 Å². The second kappa shape index (κ2) is 4.89. The number of rotatable bonds is 4. The molecule has 0 aliphatic heterocycles. The molecule has 0 saturated carbocycles. The lowest BCUT2D eigenvalue weighted by Crippen LogP contribution is -2.12. The standard InChI is InChI=1S/C6H10I2Si/c1-3-5-9(7,8)6-4-2/h3-4H,1-2,5-6H2. The Kier molecular flexibility index (Phi) is 5.52. The molecule has 0 unspecified atom stereocenters. The van der Waals surface area contributed by atoms with Crippen LogP contribution in [-0.4, -0.2) is 3.07 Å². The largest absolute Gasteiger partial charge is 0.199 e. The third-order valence-electron chi connectivity index (χ3n) is 0.886. The average molecular weight is 364 g/mol. The van der Waals surface area contributed by atoms with Crippen molar-refractivity contribution in [3.05, 3.63) is 25.3 Å². The normalized spacial score (nSPS) is 10.9. The highest BCUT2D eigenvalue weighted by atomic mass is 127. The van der Waals surface area contributed by atoms with Gasteiger partial charge in [0.05, 0.1) is 0 Å². The van der Waals surface area contributed by atoms with Crippen LogP contribution in [-0.2, 0) is 0 Å². The molecule has 0 aromatic rings. The van der Waals surface area contributed by atoms with Gasteiger partial charge in [-0.05, 0) is 12.1 Å². The van der Waals surface area contributed by atoms with Crippen LogP contribution in [0, 0.1) is 0 Å². The minimum atomic E-state index is -0.999. The number of allylic oxidation sites excluding steroid dienone is 2. The van der Waals surface area contributed by atoms with Gasteiger partial charge in [-0.25, -0.2) is 0 Å². The first kappa shape index (κ1) is 10.2. The first-order valence-electron chi connectivity index (χ1n) is 2.72. The quantitative estimate of drug-likeness (QED) is 0.309. The summed E-state index contributed by atoms with van der Waals surface area (Å²) in [5.74, 6) is 0. The van der Waals surface area contributed by atoms with Crippen LogP contribution in [0.15, 0.2) is 25.3 Å². The second-order valence-electron chi connectivity index (χ2n) is 1.84. The van der Waals surface area contributed by atoms with Crippen LogP contribution in [0.5, 0.6) is 0 Å². The first-order valence-corrected chi connectivity index (χ1v) is 11.4. The van der Waals surface area contributed by atoms with Gasteiger partial charge < -0.3 is 0 Å². The molecule has 0 atom stereocenters. The Morgan fingerprint density at radius 1 is 1.11 bits per heavy atom. The summed E-state index contributed by atoms with van der Waals surface area (Å²) in [6.45, 7) is 7.44. The minimum Gasteiger partial charge on any atom is -0.104 e. The van der Waals surface area contributed by atoms with Crippen molar-refractivity contribution < 1.29 is 0 Å². The molecule has 0 bridgehead atoms. The van der Waals surface area contributed by atoms with Gasteiger partial charge in [-0.15, -0.1) is 56.8 Å². The van der Waals surface area contributed by atoms with E-state index in [-0.39, 0.29) is 0 Å². The number of hydrogen-bond donors (Lipinski definition) is 0. The summed E-state index contributed by atoms with van der Waals surface area (Å²) in [5.41, 5.74) is 0. The lowest BCUT2D eigenvalue weighted by molar-refractivity contribution is 1.59. The van der Waals surface area contributed by atoms with Crippen molar-refractivity contribution in [2.24, 2.45) is 0 Å². The van der Waals surface area contributed by atoms with Gasteiger partial charge in [0.15, 0.2) is 3.07 Å². The zero-order valence-electron chi connectivity index (χ0n) is 5.24. The molecule has 0 amide bonds. The molecule has 52 valence electrons. The number of hydrogen-bond acceptors (Lipinski definition) is 0. The molecule has 0 spiro atoms. The van der Waals surface area contributed by atoms with E-state index in [1.165, 1.54) is 12.1 Å². The van der Waals surface area contributed by atoms with E-state index < -0.39 is 3.07 Å². The maximum absolute atomic E-state index is 3.72. The lowest BCUT2D eigenvalue weighted by atomic mass is 10.7. The van der Waals surface area contributed by atoms with Crippen molar-refractivity contribution in [2.75, 3.05) is 0 Å². The molecule has 0 saturated heterocycles. The van der Waals surface area contributed by atoms with Crippen LogP contribution in [0.4, 0.5) is 0 Å². The molecule has 0 heterocycles. The van der Waals surface area contributed by atoms with Crippen molar-refractivity contribution in [3.63, 3.8) is 0 Å². The van der Waals surface area contributed by atoms with Crippen molar-refractivity contribution >= 4 is 46.7 Å². The van der Waals surface area contributed by atoms with Gasteiger partial charge in [-0.3, -0.25) is 0 Å². The fourth-order valence-electron chi connectivity index (χ4n) is 0.506. The summed E-state index contributed by atoms with van der Waals surface area (Å²) in [6.07, 6.45) is 4.02. The molecule has 0 aromatic heterocycles. The molecular formula is C6H10I2Si. The predicted octanol–water partition coefficient (Wildman–Crippen LogP) is 3.67. The van der Waals surface area contributed by atoms with Gasteiger partial charge in [-0.2, -0.15) is 0 Å². The molecule has 0 fully saturated rings. The summed E-state index contributed by atoms with van der Waals surface area (Å²) < 4.78 is -0.999. The zero-order chi connectivity index (χ0) is 7.33. The van der Waals surface area contributed by atoms with Gasteiger partial charge >= 0.3 is 0 Å². The molecule has 0 aliphatic rings. The van der Waals surface area contributed by atoms with Crippen LogP contribution >= 0.6 is 43.6 Å². The second-order valence-corrected chi connectivity index (χ2v) is 23.0. The fraction of sp³-hybridized carbons (Fsp3) is 0.333. The van der Waals surface area contributed by atoms with E-state index in [0.29, 0.717) is 0 Å². The third-order valence-corrected chi connectivity index (χ3v) is 7.94. The molecule has 0 radical (unpaired) electrons. The van der Waals surface area contributed by atoms with Crippen LogP contribution in [0.3, 0.4) is 0 Å². The molecule has 0 nitrogen and oxygen atoms in total. The van der Waals surface area contributed by atoms with Gasteiger partial charge in [-0.1, -0.05) is 12.2 Å². The summed E-state index contributed by atoms with van der Waals surface area (Å²) >= 11 is 5.12. The van der Waals surface area contributed by atoms with Crippen molar-refractivity contribution in [1.82, 2.24) is 0 Å². The van der Waals surface area contributed by atoms with Crippen LogP contribution in [0.2, 0.25) is 12.1 Å². The van der Waals surface area contributed by atoms with Crippen LogP contribution in [0.25, 0.3) is 0 Å². The van der Waals surface area contributed by atoms with E-state index in [1.807, 2.05) is 12.2 Å². The zero-order valence-corrected chi connectivity index (χ0v) is 10.6. The van der Waals surface area contributed by atoms with Crippen molar-refractivity contribution in [3.8, 4) is 0 Å². The molecule has 9 heavy (non-hydrogen) atoms. The molecule has 3 heteroatoms. The monoisotopic (exact) mass is 364 g/mol. The molecular weight excluding hydrogens is 354 g/mol.